The molecule has 3 rings (SSSR count). The predicted molar refractivity (Wildman–Crippen MR) is 125 cm³/mol. The van der Waals surface area contributed by atoms with E-state index in [1.807, 2.05) is 24.0 Å². The Balaban J connectivity index is 1.92. The van der Waals surface area contributed by atoms with Crippen LogP contribution >= 0.6 is 11.8 Å². The van der Waals surface area contributed by atoms with Gasteiger partial charge < -0.3 is 14.9 Å². The van der Waals surface area contributed by atoms with Gasteiger partial charge in [0, 0.05) is 42.6 Å². The van der Waals surface area contributed by atoms with Crippen molar-refractivity contribution in [2.45, 2.75) is 51.3 Å². The van der Waals surface area contributed by atoms with E-state index >= 15 is 0 Å². The number of rotatable bonds is 8. The third-order valence-electron chi connectivity index (χ3n) is 5.64. The summed E-state index contributed by atoms with van der Waals surface area (Å²) >= 11 is 1.33. The molecule has 0 unspecified atom stereocenters. The maximum absolute atomic E-state index is 12.4. The fraction of sp³-hybridized carbons (Fsp3) is 0.571. The van der Waals surface area contributed by atoms with Crippen molar-refractivity contribution in [1.82, 2.24) is 0 Å². The zero-order chi connectivity index (χ0) is 22.8. The molecule has 2 heterocycles. The van der Waals surface area contributed by atoms with Gasteiger partial charge in [-0.1, -0.05) is 11.8 Å². The van der Waals surface area contributed by atoms with Crippen LogP contribution in [0.2, 0.25) is 0 Å². The number of nitrogens with zero attached hydrogens (tertiary/aromatic N) is 3. The lowest BCUT2D eigenvalue weighted by molar-refractivity contribution is -0.137. The second-order valence-electron chi connectivity index (χ2n) is 7.85. The first-order chi connectivity index (χ1) is 14.6. The predicted octanol–water partition coefficient (Wildman–Crippen LogP) is 2.70. The van der Waals surface area contributed by atoms with Gasteiger partial charge in [0.1, 0.15) is 0 Å². The largest absolute Gasteiger partial charge is 0.481 e. The summed E-state index contributed by atoms with van der Waals surface area (Å²) in [4.78, 5) is 31.5. The van der Waals surface area contributed by atoms with E-state index in [4.69, 9.17) is 5.11 Å². The second-order valence-corrected chi connectivity index (χ2v) is 11.2. The summed E-state index contributed by atoms with van der Waals surface area (Å²) in [7, 11) is -3.14. The normalized spacial score (nSPS) is 23.2. The number of hydrogen-bond donors (Lipinski definition) is 1. The summed E-state index contributed by atoms with van der Waals surface area (Å²) in [6, 6.07) is 5.80. The molecular weight excluding hydrogens is 438 g/mol. The molecule has 10 heteroatoms. The lowest BCUT2D eigenvalue weighted by Gasteiger charge is -2.28. The topological polar surface area (TPSA) is 107 Å². The van der Waals surface area contributed by atoms with Gasteiger partial charge in [-0.3, -0.25) is 9.59 Å². The number of hydrogen-bond acceptors (Lipinski definition) is 6. The van der Waals surface area contributed by atoms with Crippen molar-refractivity contribution in [2.75, 3.05) is 34.4 Å². The third kappa shape index (κ3) is 5.41. The van der Waals surface area contributed by atoms with Gasteiger partial charge in [0.05, 0.1) is 17.5 Å². The molecule has 2 aliphatic rings. The molecule has 0 aliphatic carbocycles. The molecule has 1 amide bonds. The first kappa shape index (κ1) is 23.6. The van der Waals surface area contributed by atoms with E-state index in [0.29, 0.717) is 5.17 Å². The minimum Gasteiger partial charge on any atom is -0.481 e. The van der Waals surface area contributed by atoms with Crippen molar-refractivity contribution >= 4 is 50.0 Å². The Morgan fingerprint density at radius 2 is 1.94 bits per heavy atom. The molecule has 170 valence electrons. The van der Waals surface area contributed by atoms with Gasteiger partial charge in [-0.2, -0.15) is 4.99 Å². The molecule has 2 fully saturated rings. The van der Waals surface area contributed by atoms with Crippen LogP contribution in [-0.2, 0) is 19.4 Å². The highest BCUT2D eigenvalue weighted by Crippen LogP contribution is 2.42. The van der Waals surface area contributed by atoms with Crippen molar-refractivity contribution < 1.29 is 23.1 Å². The average Bonchev–Trinajstić information content (AvgIpc) is 3.13. The number of thioether (sulfide) groups is 1. The first-order valence-corrected chi connectivity index (χ1v) is 13.2. The van der Waals surface area contributed by atoms with Gasteiger partial charge in [0.2, 0.25) is 5.91 Å². The number of carbonyl (C=O) groups excluding carboxylic acids is 1. The van der Waals surface area contributed by atoms with Gasteiger partial charge in [-0.25, -0.2) is 8.42 Å². The van der Waals surface area contributed by atoms with Crippen LogP contribution in [0.5, 0.6) is 0 Å². The van der Waals surface area contributed by atoms with E-state index in [2.05, 4.69) is 29.8 Å². The fourth-order valence-electron chi connectivity index (χ4n) is 4.09. The number of anilines is 2. The van der Waals surface area contributed by atoms with Crippen LogP contribution in [0.15, 0.2) is 23.2 Å². The molecule has 31 heavy (non-hydrogen) atoms. The molecular formula is C21H29N3O5S2. The highest BCUT2D eigenvalue weighted by Gasteiger charge is 2.49. The maximum atomic E-state index is 12.4. The van der Waals surface area contributed by atoms with E-state index < -0.39 is 15.8 Å². The maximum Gasteiger partial charge on any atom is 0.303 e. The number of aliphatic imine (C=N–C) groups is 1. The van der Waals surface area contributed by atoms with Crippen molar-refractivity contribution in [3.8, 4) is 0 Å². The summed E-state index contributed by atoms with van der Waals surface area (Å²) in [6.07, 6.45) is 0.203. The van der Waals surface area contributed by atoms with Crippen LogP contribution < -0.4 is 9.80 Å². The highest BCUT2D eigenvalue weighted by atomic mass is 32.2. The van der Waals surface area contributed by atoms with E-state index in [0.717, 1.165) is 30.0 Å². The van der Waals surface area contributed by atoms with Crippen LogP contribution in [0, 0.1) is 6.92 Å². The Morgan fingerprint density at radius 1 is 1.23 bits per heavy atom. The van der Waals surface area contributed by atoms with E-state index in [-0.39, 0.29) is 48.0 Å². The highest BCUT2D eigenvalue weighted by molar-refractivity contribution is 8.16. The summed E-state index contributed by atoms with van der Waals surface area (Å²) < 4.78 is 24.5. The number of sulfone groups is 1. The van der Waals surface area contributed by atoms with E-state index in [9.17, 15) is 18.0 Å². The van der Waals surface area contributed by atoms with Crippen molar-refractivity contribution in [1.29, 1.82) is 0 Å². The van der Waals surface area contributed by atoms with Crippen LogP contribution in [0.25, 0.3) is 0 Å². The zero-order valence-corrected chi connectivity index (χ0v) is 19.7. The third-order valence-corrected chi connectivity index (χ3v) is 8.85. The van der Waals surface area contributed by atoms with Crippen LogP contribution in [0.4, 0.5) is 11.4 Å². The summed E-state index contributed by atoms with van der Waals surface area (Å²) in [5.41, 5.74) is 2.93. The van der Waals surface area contributed by atoms with Crippen molar-refractivity contribution in [3.05, 3.63) is 23.8 Å². The van der Waals surface area contributed by atoms with Gasteiger partial charge >= 0.3 is 5.97 Å². The summed E-state index contributed by atoms with van der Waals surface area (Å²) in [6.45, 7) is 7.94. The molecule has 0 spiro atoms. The molecule has 0 bridgehead atoms. The van der Waals surface area contributed by atoms with E-state index in [1.54, 1.807) is 0 Å². The molecule has 2 saturated heterocycles. The summed E-state index contributed by atoms with van der Waals surface area (Å²) in [5, 5.41) is 9.10. The van der Waals surface area contributed by atoms with Gasteiger partial charge in [-0.15, -0.1) is 0 Å². The van der Waals surface area contributed by atoms with Crippen LogP contribution in [0.1, 0.15) is 38.7 Å². The quantitative estimate of drug-likeness (QED) is 0.622. The van der Waals surface area contributed by atoms with Crippen molar-refractivity contribution in [2.24, 2.45) is 4.99 Å². The van der Waals surface area contributed by atoms with Crippen LogP contribution in [0.3, 0.4) is 0 Å². The second kappa shape index (κ2) is 9.60. The fourth-order valence-corrected chi connectivity index (χ4v) is 8.02. The van der Waals surface area contributed by atoms with Gasteiger partial charge in [0.25, 0.3) is 0 Å². The Bertz CT molecular complexity index is 989. The Hall–Kier alpha value is -2.07. The smallest absolute Gasteiger partial charge is 0.303 e. The van der Waals surface area contributed by atoms with Gasteiger partial charge in [-0.05, 0) is 51.0 Å². The molecule has 0 saturated carbocycles. The minimum absolute atomic E-state index is 0.0358. The molecule has 2 aliphatic heterocycles. The molecule has 8 nitrogen and oxygen atoms in total. The number of fused-ring (bicyclic) bond motifs is 1. The first-order valence-electron chi connectivity index (χ1n) is 10.5. The lowest BCUT2D eigenvalue weighted by atomic mass is 10.1. The van der Waals surface area contributed by atoms with Gasteiger partial charge in [0.15, 0.2) is 15.0 Å². The Morgan fingerprint density at radius 3 is 2.55 bits per heavy atom. The molecule has 1 aromatic carbocycles. The molecule has 1 N–H and O–H groups in total. The number of carboxylic acids is 1. The number of carboxylic acid groups (broad SMARTS) is 1. The number of aryl methyl sites for hydroxylation is 1. The summed E-state index contributed by atoms with van der Waals surface area (Å²) in [5.74, 6) is -1.22. The molecule has 1 aromatic rings. The van der Waals surface area contributed by atoms with Crippen LogP contribution in [-0.4, -0.2) is 66.5 Å². The Kier molecular flexibility index (Phi) is 7.31. The number of aliphatic carboxylic acids is 1. The Labute approximate surface area is 187 Å². The molecule has 0 aromatic heterocycles. The molecule has 0 radical (unpaired) electrons. The number of amides is 1. The number of benzene rings is 1. The standard InChI is InChI=1S/C21H29N3O5S2/c1-4-23(5-2)15-9-10-16(14(3)11-15)24-17-12-31(28,29)13-18(17)30-21(24)22-19(25)7-6-8-20(26)27/h9-11,17-18H,4-8,12-13H2,1-3H3,(H,26,27)/t17-,18+/m0/s1. The molecule has 2 atom stereocenters. The zero-order valence-electron chi connectivity index (χ0n) is 18.1. The monoisotopic (exact) mass is 467 g/mol. The minimum atomic E-state index is -3.14. The number of carbonyl (C=O) groups is 2. The SMILES string of the molecule is CCN(CC)c1ccc(N2C(=NC(=O)CCCC(=O)O)S[C@@H]3CS(=O)(=O)C[C@@H]32)c(C)c1. The average molecular weight is 468 g/mol. The lowest BCUT2D eigenvalue weighted by Crippen LogP contribution is -2.38. The number of amidine groups is 1. The van der Waals surface area contributed by atoms with Crippen molar-refractivity contribution in [3.63, 3.8) is 0 Å². The van der Waals surface area contributed by atoms with E-state index in [1.165, 1.54) is 11.8 Å².